The largest absolute Gasteiger partial charge is 0.496 e. The Morgan fingerprint density at radius 3 is 2.67 bits per heavy atom. The van der Waals surface area contributed by atoms with Crippen molar-refractivity contribution in [2.45, 2.75) is 0 Å². The van der Waals surface area contributed by atoms with Crippen molar-refractivity contribution in [3.63, 3.8) is 0 Å². The van der Waals surface area contributed by atoms with Gasteiger partial charge in [-0.3, -0.25) is 4.79 Å². The molecule has 0 radical (unpaired) electrons. The maximum absolute atomic E-state index is 12.4. The van der Waals surface area contributed by atoms with Crippen molar-refractivity contribution < 1.29 is 9.53 Å². The second kappa shape index (κ2) is 7.13. The molecule has 0 heterocycles. The van der Waals surface area contributed by atoms with Gasteiger partial charge in [0.25, 0.3) is 5.91 Å². The summed E-state index contributed by atoms with van der Waals surface area (Å²) in [4.78, 5) is 12.4. The van der Waals surface area contributed by atoms with Gasteiger partial charge in [-0.2, -0.15) is 0 Å². The van der Waals surface area contributed by atoms with E-state index in [2.05, 4.69) is 17.2 Å². The quantitative estimate of drug-likeness (QED) is 0.848. The number of methoxy groups -OCH3 is 1. The van der Waals surface area contributed by atoms with E-state index < -0.39 is 0 Å². The predicted molar refractivity (Wildman–Crippen MR) is 83.3 cm³/mol. The molecule has 0 bridgehead atoms. The van der Waals surface area contributed by atoms with Crippen molar-refractivity contribution in [1.82, 2.24) is 0 Å². The summed E-state index contributed by atoms with van der Waals surface area (Å²) in [5.41, 5.74) is 7.23. The fraction of sp³-hybridized carbons (Fsp3) is 0.118. The average molecular weight is 280 g/mol. The Hall–Kier alpha value is -2.77. The first kappa shape index (κ1) is 14.6. The third-order valence-electron chi connectivity index (χ3n) is 2.85. The molecule has 0 unspecified atom stereocenters. The third kappa shape index (κ3) is 3.62. The van der Waals surface area contributed by atoms with Crippen molar-refractivity contribution in [1.29, 1.82) is 0 Å². The summed E-state index contributed by atoms with van der Waals surface area (Å²) in [5, 5.41) is 2.85. The van der Waals surface area contributed by atoms with E-state index in [1.165, 1.54) is 7.11 Å². The van der Waals surface area contributed by atoms with E-state index in [4.69, 9.17) is 10.5 Å². The van der Waals surface area contributed by atoms with Gasteiger partial charge in [0, 0.05) is 5.56 Å². The molecule has 4 heteroatoms. The van der Waals surface area contributed by atoms with Crippen LogP contribution in [0.1, 0.15) is 15.9 Å². The van der Waals surface area contributed by atoms with Gasteiger partial charge in [-0.1, -0.05) is 36.1 Å². The topological polar surface area (TPSA) is 64.3 Å². The van der Waals surface area contributed by atoms with E-state index in [-0.39, 0.29) is 12.5 Å². The lowest BCUT2D eigenvalue weighted by Crippen LogP contribution is -2.14. The van der Waals surface area contributed by atoms with Gasteiger partial charge in [0.2, 0.25) is 0 Å². The Morgan fingerprint density at radius 2 is 1.90 bits per heavy atom. The summed E-state index contributed by atoms with van der Waals surface area (Å²) in [5.74, 6) is 6.01. The number of rotatable bonds is 3. The second-order valence-electron chi connectivity index (χ2n) is 4.21. The summed E-state index contributed by atoms with van der Waals surface area (Å²) in [6, 6.07) is 14.4. The van der Waals surface area contributed by atoms with Crippen LogP contribution in [0.15, 0.2) is 48.5 Å². The van der Waals surface area contributed by atoms with Crippen molar-refractivity contribution in [2.24, 2.45) is 5.73 Å². The minimum absolute atomic E-state index is 0.241. The number of nitrogens with two attached hydrogens (primary N) is 1. The lowest BCUT2D eigenvalue weighted by atomic mass is 10.1. The number of carbonyl (C=O) groups excluding carboxylic acids is 1. The molecule has 2 rings (SSSR count). The SMILES string of the molecule is COc1ccccc1C(=O)Nc1ccccc1C#CCN. The van der Waals surface area contributed by atoms with Crippen LogP contribution in [-0.2, 0) is 0 Å². The molecule has 3 N–H and O–H groups in total. The van der Waals surface area contributed by atoms with E-state index in [9.17, 15) is 4.79 Å². The summed E-state index contributed by atoms with van der Waals surface area (Å²) in [6.45, 7) is 0.273. The molecule has 2 aromatic carbocycles. The van der Waals surface area contributed by atoms with E-state index in [0.717, 1.165) is 5.56 Å². The molecular weight excluding hydrogens is 264 g/mol. The number of anilines is 1. The van der Waals surface area contributed by atoms with E-state index >= 15 is 0 Å². The van der Waals surface area contributed by atoms with Gasteiger partial charge in [-0.05, 0) is 24.3 Å². The van der Waals surface area contributed by atoms with Crippen LogP contribution in [0.3, 0.4) is 0 Å². The highest BCUT2D eigenvalue weighted by atomic mass is 16.5. The summed E-state index contributed by atoms with van der Waals surface area (Å²) in [7, 11) is 1.53. The highest BCUT2D eigenvalue weighted by Crippen LogP contribution is 2.20. The number of benzene rings is 2. The first-order valence-electron chi connectivity index (χ1n) is 6.48. The van der Waals surface area contributed by atoms with Crippen LogP contribution >= 0.6 is 0 Å². The molecular formula is C17H16N2O2. The van der Waals surface area contributed by atoms with E-state index in [1.54, 1.807) is 24.3 Å². The second-order valence-corrected chi connectivity index (χ2v) is 4.21. The Bertz CT molecular complexity index is 699. The minimum atomic E-state index is -0.241. The molecule has 106 valence electrons. The number of carbonyl (C=O) groups is 1. The zero-order chi connectivity index (χ0) is 15.1. The van der Waals surface area contributed by atoms with Gasteiger partial charge in [0.1, 0.15) is 5.75 Å². The Morgan fingerprint density at radius 1 is 1.19 bits per heavy atom. The van der Waals surface area contributed by atoms with Crippen LogP contribution in [0.2, 0.25) is 0 Å². The molecule has 0 saturated carbocycles. The third-order valence-corrected chi connectivity index (χ3v) is 2.85. The highest BCUT2D eigenvalue weighted by Gasteiger charge is 2.12. The molecule has 0 spiro atoms. The molecule has 0 aliphatic carbocycles. The van der Waals surface area contributed by atoms with Gasteiger partial charge in [0.05, 0.1) is 24.9 Å². The molecule has 0 aliphatic rings. The van der Waals surface area contributed by atoms with Gasteiger partial charge in [0.15, 0.2) is 0 Å². The molecule has 0 aromatic heterocycles. The standard InChI is InChI=1S/C17H16N2O2/c1-21-16-11-5-3-9-14(16)17(20)19-15-10-4-2-7-13(15)8-6-12-18/h2-5,7,9-11H,12,18H2,1H3,(H,19,20). The van der Waals surface area contributed by atoms with Gasteiger partial charge >= 0.3 is 0 Å². The van der Waals surface area contributed by atoms with Gasteiger partial charge < -0.3 is 15.8 Å². The molecule has 0 fully saturated rings. The molecule has 1 amide bonds. The summed E-state index contributed by atoms with van der Waals surface area (Å²) in [6.07, 6.45) is 0. The molecule has 0 aliphatic heterocycles. The summed E-state index contributed by atoms with van der Waals surface area (Å²) < 4.78 is 5.19. The minimum Gasteiger partial charge on any atom is -0.496 e. The monoisotopic (exact) mass is 280 g/mol. The van der Waals surface area contributed by atoms with Crippen LogP contribution in [0.4, 0.5) is 5.69 Å². The van der Waals surface area contributed by atoms with Crippen LogP contribution in [0.25, 0.3) is 0 Å². The van der Waals surface area contributed by atoms with Crippen LogP contribution in [0, 0.1) is 11.8 Å². The Labute approximate surface area is 123 Å². The first-order chi connectivity index (χ1) is 10.3. The van der Waals surface area contributed by atoms with Crippen LogP contribution in [0.5, 0.6) is 5.75 Å². The normalized spacial score (nSPS) is 9.43. The number of ether oxygens (including phenoxy) is 1. The zero-order valence-corrected chi connectivity index (χ0v) is 11.7. The number of hydrogen-bond donors (Lipinski definition) is 2. The van der Waals surface area contributed by atoms with Crippen LogP contribution in [-0.4, -0.2) is 19.6 Å². The van der Waals surface area contributed by atoms with Crippen molar-refractivity contribution in [3.8, 4) is 17.6 Å². The number of hydrogen-bond acceptors (Lipinski definition) is 3. The zero-order valence-electron chi connectivity index (χ0n) is 11.7. The molecule has 0 saturated heterocycles. The Kier molecular flexibility index (Phi) is 4.97. The van der Waals surface area contributed by atoms with Gasteiger partial charge in [-0.25, -0.2) is 0 Å². The fourth-order valence-corrected chi connectivity index (χ4v) is 1.87. The summed E-state index contributed by atoms with van der Waals surface area (Å²) >= 11 is 0. The Balaban J connectivity index is 2.28. The van der Waals surface area contributed by atoms with Crippen LogP contribution < -0.4 is 15.8 Å². The van der Waals surface area contributed by atoms with Gasteiger partial charge in [-0.15, -0.1) is 0 Å². The lowest BCUT2D eigenvalue weighted by molar-refractivity contribution is 0.102. The first-order valence-corrected chi connectivity index (χ1v) is 6.48. The molecule has 2 aromatic rings. The highest BCUT2D eigenvalue weighted by molar-refractivity contribution is 6.06. The predicted octanol–water partition coefficient (Wildman–Crippen LogP) is 2.26. The number of nitrogens with one attached hydrogen (secondary N) is 1. The van der Waals surface area contributed by atoms with E-state index in [1.807, 2.05) is 24.3 Å². The number of amides is 1. The smallest absolute Gasteiger partial charge is 0.259 e. The molecule has 21 heavy (non-hydrogen) atoms. The van der Waals surface area contributed by atoms with E-state index in [0.29, 0.717) is 17.0 Å². The van der Waals surface area contributed by atoms with Crippen molar-refractivity contribution in [2.75, 3.05) is 19.0 Å². The van der Waals surface area contributed by atoms with Crippen molar-refractivity contribution >= 4 is 11.6 Å². The average Bonchev–Trinajstić information content (AvgIpc) is 2.54. The maximum atomic E-state index is 12.4. The molecule has 4 nitrogen and oxygen atoms in total. The van der Waals surface area contributed by atoms with Crippen molar-refractivity contribution in [3.05, 3.63) is 59.7 Å². The fourth-order valence-electron chi connectivity index (χ4n) is 1.87. The molecule has 0 atom stereocenters. The maximum Gasteiger partial charge on any atom is 0.259 e. The lowest BCUT2D eigenvalue weighted by Gasteiger charge is -2.10. The number of para-hydroxylation sites is 2.